The number of hydrogen-bond donors (Lipinski definition) is 0. The van der Waals surface area contributed by atoms with Crippen molar-refractivity contribution < 1.29 is 0 Å². The van der Waals surface area contributed by atoms with Gasteiger partial charge in [0.05, 0.1) is 0 Å². The molecule has 0 aromatic heterocycles. The molecule has 3 aromatic rings. The van der Waals surface area contributed by atoms with Gasteiger partial charge in [-0.2, -0.15) is 0 Å². The summed E-state index contributed by atoms with van der Waals surface area (Å²) in [5.74, 6) is 0. The van der Waals surface area contributed by atoms with Gasteiger partial charge in [0, 0.05) is 0 Å². The van der Waals surface area contributed by atoms with Crippen LogP contribution in [0.3, 0.4) is 0 Å². The fourth-order valence-corrected chi connectivity index (χ4v) is 2.17. The second-order valence-corrected chi connectivity index (χ2v) is 4.20. The van der Waals surface area contributed by atoms with E-state index in [1.165, 1.54) is 22.3 Å². The number of benzene rings is 3. The Balaban J connectivity index is 2.18. The molecule has 0 nitrogen and oxygen atoms in total. The van der Waals surface area contributed by atoms with Crippen molar-refractivity contribution in [3.63, 3.8) is 0 Å². The van der Waals surface area contributed by atoms with Gasteiger partial charge in [-0.1, -0.05) is 72.8 Å². The van der Waals surface area contributed by atoms with Gasteiger partial charge in [0.1, 0.15) is 0 Å². The maximum absolute atomic E-state index is 3.14. The molecule has 0 atom stereocenters. The first kappa shape index (κ1) is 10.8. The monoisotopic (exact) mass is 229 g/mol. The third-order valence-electron chi connectivity index (χ3n) is 3.03. The van der Waals surface area contributed by atoms with E-state index in [4.69, 9.17) is 0 Å². The molecule has 0 aliphatic heterocycles. The Morgan fingerprint density at radius 1 is 0.556 bits per heavy atom. The summed E-state index contributed by atoms with van der Waals surface area (Å²) in [6, 6.07) is 30.2. The zero-order valence-electron chi connectivity index (χ0n) is 10.0. The van der Waals surface area contributed by atoms with Crippen LogP contribution < -0.4 is 0 Å². The highest BCUT2D eigenvalue weighted by molar-refractivity contribution is 5.83. The van der Waals surface area contributed by atoms with E-state index in [1.54, 1.807) is 0 Å². The molecule has 0 aliphatic rings. The molecule has 0 heteroatoms. The zero-order valence-corrected chi connectivity index (χ0v) is 10.0. The molecule has 0 fully saturated rings. The van der Waals surface area contributed by atoms with E-state index in [1.807, 2.05) is 24.3 Å². The van der Waals surface area contributed by atoms with E-state index >= 15 is 0 Å². The van der Waals surface area contributed by atoms with Gasteiger partial charge in [0.2, 0.25) is 0 Å². The summed E-state index contributed by atoms with van der Waals surface area (Å²) in [7, 11) is 0. The summed E-state index contributed by atoms with van der Waals surface area (Å²) in [4.78, 5) is 0. The molecule has 0 saturated heterocycles. The number of hydrogen-bond acceptors (Lipinski definition) is 0. The molecule has 0 heterocycles. The Labute approximate surface area is 108 Å². The summed E-state index contributed by atoms with van der Waals surface area (Å²) in [6.07, 6.45) is 0. The average molecular weight is 229 g/mol. The lowest BCUT2D eigenvalue weighted by atomic mass is 9.95. The van der Waals surface area contributed by atoms with Gasteiger partial charge >= 0.3 is 0 Å². The summed E-state index contributed by atoms with van der Waals surface area (Å²) >= 11 is 0. The lowest BCUT2D eigenvalue weighted by Gasteiger charge is -2.09. The highest BCUT2D eigenvalue weighted by atomic mass is 14.1. The van der Waals surface area contributed by atoms with Crippen molar-refractivity contribution in [2.45, 2.75) is 0 Å². The Morgan fingerprint density at radius 3 is 1.83 bits per heavy atom. The molecule has 3 rings (SSSR count). The minimum Gasteiger partial charge on any atom is -0.0622 e. The molecule has 0 aliphatic carbocycles. The molecule has 0 amide bonds. The van der Waals surface area contributed by atoms with Crippen molar-refractivity contribution in [2.24, 2.45) is 0 Å². The second-order valence-electron chi connectivity index (χ2n) is 4.20. The predicted molar refractivity (Wildman–Crippen MR) is 76.2 cm³/mol. The fourth-order valence-electron chi connectivity index (χ4n) is 2.17. The molecule has 3 aromatic carbocycles. The molecular weight excluding hydrogens is 216 g/mol. The topological polar surface area (TPSA) is 0 Å². The Hall–Kier alpha value is -2.34. The Bertz CT molecular complexity index is 566. The van der Waals surface area contributed by atoms with Crippen LogP contribution in [0.5, 0.6) is 0 Å². The van der Waals surface area contributed by atoms with Crippen molar-refractivity contribution >= 4 is 0 Å². The van der Waals surface area contributed by atoms with E-state index in [-0.39, 0.29) is 0 Å². The SMILES string of the molecule is [c]1cccc(-c2ccccc2-c2ccccc2)c1. The van der Waals surface area contributed by atoms with Crippen molar-refractivity contribution in [3.05, 3.63) is 84.9 Å². The van der Waals surface area contributed by atoms with E-state index in [0.717, 1.165) is 0 Å². The van der Waals surface area contributed by atoms with Crippen molar-refractivity contribution in [2.75, 3.05) is 0 Å². The Morgan fingerprint density at radius 2 is 1.17 bits per heavy atom. The van der Waals surface area contributed by atoms with E-state index in [9.17, 15) is 0 Å². The van der Waals surface area contributed by atoms with Crippen LogP contribution in [0.25, 0.3) is 22.3 Å². The predicted octanol–water partition coefficient (Wildman–Crippen LogP) is 4.82. The maximum atomic E-state index is 3.14. The van der Waals surface area contributed by atoms with Crippen LogP contribution in [-0.4, -0.2) is 0 Å². The van der Waals surface area contributed by atoms with Crippen molar-refractivity contribution in [1.82, 2.24) is 0 Å². The molecule has 0 bridgehead atoms. The molecule has 18 heavy (non-hydrogen) atoms. The minimum absolute atomic E-state index is 1.21. The third kappa shape index (κ3) is 2.05. The van der Waals surface area contributed by atoms with Gasteiger partial charge in [-0.15, -0.1) is 0 Å². The van der Waals surface area contributed by atoms with Gasteiger partial charge in [0.15, 0.2) is 0 Å². The van der Waals surface area contributed by atoms with Gasteiger partial charge in [-0.05, 0) is 34.4 Å². The lowest BCUT2D eigenvalue weighted by Crippen LogP contribution is -1.84. The lowest BCUT2D eigenvalue weighted by molar-refractivity contribution is 1.58. The smallest absolute Gasteiger partial charge is 0.0105 e. The van der Waals surface area contributed by atoms with Crippen LogP contribution in [0.4, 0.5) is 0 Å². The van der Waals surface area contributed by atoms with E-state index in [0.29, 0.717) is 0 Å². The van der Waals surface area contributed by atoms with Crippen LogP contribution in [-0.2, 0) is 0 Å². The van der Waals surface area contributed by atoms with Gasteiger partial charge < -0.3 is 0 Å². The standard InChI is InChI=1S/C18H13/c1-3-9-15(10-4-1)17-13-7-8-14-18(17)16-11-5-2-6-12-16/h1-5,7-14H. The third-order valence-corrected chi connectivity index (χ3v) is 3.03. The summed E-state index contributed by atoms with van der Waals surface area (Å²) in [5, 5.41) is 0. The Kier molecular flexibility index (Phi) is 2.93. The van der Waals surface area contributed by atoms with Crippen molar-refractivity contribution in [3.8, 4) is 22.3 Å². The van der Waals surface area contributed by atoms with Crippen LogP contribution in [0.2, 0.25) is 0 Å². The van der Waals surface area contributed by atoms with E-state index in [2.05, 4.69) is 60.7 Å². The van der Waals surface area contributed by atoms with Crippen LogP contribution in [0, 0.1) is 6.07 Å². The zero-order chi connectivity index (χ0) is 12.2. The highest BCUT2D eigenvalue weighted by Gasteiger charge is 2.05. The minimum atomic E-state index is 1.21. The summed E-state index contributed by atoms with van der Waals surface area (Å²) < 4.78 is 0. The second kappa shape index (κ2) is 4.89. The molecule has 0 spiro atoms. The van der Waals surface area contributed by atoms with Gasteiger partial charge in [-0.3, -0.25) is 0 Å². The van der Waals surface area contributed by atoms with Crippen molar-refractivity contribution in [1.29, 1.82) is 0 Å². The highest BCUT2D eigenvalue weighted by Crippen LogP contribution is 2.31. The van der Waals surface area contributed by atoms with Crippen LogP contribution >= 0.6 is 0 Å². The first-order chi connectivity index (χ1) is 8.95. The molecule has 1 radical (unpaired) electrons. The quantitative estimate of drug-likeness (QED) is 0.591. The molecular formula is C18H13. The molecule has 85 valence electrons. The summed E-state index contributed by atoms with van der Waals surface area (Å²) in [5.41, 5.74) is 4.96. The van der Waals surface area contributed by atoms with Gasteiger partial charge in [0.25, 0.3) is 0 Å². The maximum Gasteiger partial charge on any atom is -0.0105 e. The molecule has 0 saturated carbocycles. The van der Waals surface area contributed by atoms with Crippen LogP contribution in [0.1, 0.15) is 0 Å². The molecule has 0 unspecified atom stereocenters. The van der Waals surface area contributed by atoms with Gasteiger partial charge in [-0.25, -0.2) is 0 Å². The van der Waals surface area contributed by atoms with E-state index < -0.39 is 0 Å². The first-order valence-electron chi connectivity index (χ1n) is 6.06. The first-order valence-corrected chi connectivity index (χ1v) is 6.06. The normalized spacial score (nSPS) is 10.2. The average Bonchev–Trinajstić information content (AvgIpc) is 2.49. The number of rotatable bonds is 2. The fraction of sp³-hybridized carbons (Fsp3) is 0. The van der Waals surface area contributed by atoms with Crippen LogP contribution in [0.15, 0.2) is 78.9 Å². The molecule has 0 N–H and O–H groups in total. The largest absolute Gasteiger partial charge is 0.0622 e. The summed E-state index contributed by atoms with van der Waals surface area (Å²) in [6.45, 7) is 0.